The van der Waals surface area contributed by atoms with Crippen LogP contribution in [0.4, 0.5) is 0 Å². The molecule has 1 saturated heterocycles. The maximum atomic E-state index is 12.7. The van der Waals surface area contributed by atoms with E-state index in [4.69, 9.17) is 0 Å². The first-order chi connectivity index (χ1) is 11.0. The molecule has 2 aromatic heterocycles. The summed E-state index contributed by atoms with van der Waals surface area (Å²) in [5, 5.41) is 10.8. The Bertz CT molecular complexity index is 780. The number of hydrogen-bond acceptors (Lipinski definition) is 4. The van der Waals surface area contributed by atoms with Crippen molar-refractivity contribution in [1.29, 1.82) is 0 Å². The molecule has 0 spiro atoms. The van der Waals surface area contributed by atoms with E-state index in [9.17, 15) is 9.59 Å². The topological polar surface area (TPSA) is 88.9 Å². The number of carbonyl (C=O) groups is 2. The first kappa shape index (κ1) is 15.5. The largest absolute Gasteiger partial charge is 0.354 e. The minimum absolute atomic E-state index is 0.110. The Morgan fingerprint density at radius 1 is 1.39 bits per heavy atom. The summed E-state index contributed by atoms with van der Waals surface area (Å²) in [4.78, 5) is 29.2. The van der Waals surface area contributed by atoms with E-state index in [0.717, 1.165) is 29.6 Å². The van der Waals surface area contributed by atoms with Crippen LogP contribution in [0.1, 0.15) is 41.0 Å². The zero-order valence-electron chi connectivity index (χ0n) is 13.6. The first-order valence-electron chi connectivity index (χ1n) is 7.87. The number of hydrogen-bond donors (Lipinski definition) is 2. The lowest BCUT2D eigenvalue weighted by Crippen LogP contribution is -2.45. The van der Waals surface area contributed by atoms with Gasteiger partial charge in [-0.15, -0.1) is 0 Å². The number of nitrogens with zero attached hydrogens (tertiary/aromatic N) is 3. The molecule has 0 saturated carbocycles. The minimum atomic E-state index is -0.481. The average molecular weight is 315 g/mol. The summed E-state index contributed by atoms with van der Waals surface area (Å²) in [5.41, 5.74) is 2.70. The summed E-state index contributed by atoms with van der Waals surface area (Å²) in [6.07, 6.45) is 2.52. The molecule has 0 radical (unpaired) electrons. The molecule has 0 aromatic carbocycles. The fraction of sp³-hybridized carbons (Fsp3) is 0.500. The molecule has 0 aliphatic carbocycles. The molecular formula is C16H21N5O2. The molecule has 122 valence electrons. The second kappa shape index (κ2) is 5.98. The van der Waals surface area contributed by atoms with Gasteiger partial charge in [-0.05, 0) is 39.2 Å². The maximum absolute atomic E-state index is 12.7. The van der Waals surface area contributed by atoms with Crippen molar-refractivity contribution in [3.8, 4) is 0 Å². The highest BCUT2D eigenvalue weighted by molar-refractivity contribution is 6.07. The zero-order valence-corrected chi connectivity index (χ0v) is 13.6. The molecular weight excluding hydrogens is 294 g/mol. The van der Waals surface area contributed by atoms with Crippen molar-refractivity contribution in [2.45, 2.75) is 39.2 Å². The molecule has 3 heterocycles. The molecule has 1 fully saturated rings. The van der Waals surface area contributed by atoms with Crippen molar-refractivity contribution in [2.75, 3.05) is 6.54 Å². The molecule has 0 bridgehead atoms. The molecule has 1 atom stereocenters. The second-order valence-corrected chi connectivity index (χ2v) is 6.03. The van der Waals surface area contributed by atoms with Crippen molar-refractivity contribution < 1.29 is 9.59 Å². The standard InChI is InChI=1S/C16H21N5O2/c1-9-8-11(13-10(2)20-21(3)14(13)18-9)15(22)19-12-6-4-5-7-17-16(12)23/h8,12H,4-7H2,1-3H3,(H,17,23)(H,19,22)/t12-/m0/s1. The van der Waals surface area contributed by atoms with Gasteiger partial charge in [0.25, 0.3) is 5.91 Å². The van der Waals surface area contributed by atoms with Gasteiger partial charge in [0.05, 0.1) is 16.6 Å². The first-order valence-corrected chi connectivity index (χ1v) is 7.87. The highest BCUT2D eigenvalue weighted by Crippen LogP contribution is 2.22. The van der Waals surface area contributed by atoms with Crippen LogP contribution >= 0.6 is 0 Å². The van der Waals surface area contributed by atoms with Gasteiger partial charge >= 0.3 is 0 Å². The molecule has 7 nitrogen and oxygen atoms in total. The summed E-state index contributed by atoms with van der Waals surface area (Å²) < 4.78 is 1.67. The lowest BCUT2D eigenvalue weighted by Gasteiger charge is -2.16. The number of aryl methyl sites for hydroxylation is 3. The normalized spacial score (nSPS) is 18.6. The lowest BCUT2D eigenvalue weighted by atomic mass is 10.1. The van der Waals surface area contributed by atoms with E-state index in [-0.39, 0.29) is 11.8 Å². The molecule has 3 rings (SSSR count). The van der Waals surface area contributed by atoms with Gasteiger partial charge in [-0.1, -0.05) is 0 Å². The van der Waals surface area contributed by atoms with E-state index in [1.54, 1.807) is 10.7 Å². The maximum Gasteiger partial charge on any atom is 0.252 e. The van der Waals surface area contributed by atoms with Crippen molar-refractivity contribution >= 4 is 22.8 Å². The fourth-order valence-corrected chi connectivity index (χ4v) is 3.06. The van der Waals surface area contributed by atoms with Crippen LogP contribution < -0.4 is 10.6 Å². The Hall–Kier alpha value is -2.44. The fourth-order valence-electron chi connectivity index (χ4n) is 3.06. The average Bonchev–Trinajstić information content (AvgIpc) is 2.66. The smallest absolute Gasteiger partial charge is 0.252 e. The van der Waals surface area contributed by atoms with Crippen molar-refractivity contribution in [2.24, 2.45) is 7.05 Å². The Labute approximate surface area is 134 Å². The third-order valence-electron chi connectivity index (χ3n) is 4.18. The summed E-state index contributed by atoms with van der Waals surface area (Å²) in [7, 11) is 1.81. The van der Waals surface area contributed by atoms with Crippen LogP contribution in [0.25, 0.3) is 11.0 Å². The highest BCUT2D eigenvalue weighted by atomic mass is 16.2. The van der Waals surface area contributed by atoms with Crippen LogP contribution in [-0.4, -0.2) is 39.2 Å². The van der Waals surface area contributed by atoms with Gasteiger partial charge in [-0.3, -0.25) is 14.3 Å². The number of aromatic nitrogens is 3. The van der Waals surface area contributed by atoms with Crippen LogP contribution in [0.2, 0.25) is 0 Å². The molecule has 2 amide bonds. The molecule has 1 aliphatic heterocycles. The van der Waals surface area contributed by atoms with Gasteiger partial charge < -0.3 is 10.6 Å². The quantitative estimate of drug-likeness (QED) is 0.865. The van der Waals surface area contributed by atoms with Gasteiger partial charge in [0.2, 0.25) is 5.91 Å². The Morgan fingerprint density at radius 2 is 2.17 bits per heavy atom. The molecule has 0 unspecified atom stereocenters. The van der Waals surface area contributed by atoms with E-state index in [1.807, 2.05) is 20.9 Å². The van der Waals surface area contributed by atoms with Gasteiger partial charge in [0.1, 0.15) is 6.04 Å². The summed E-state index contributed by atoms with van der Waals surface area (Å²) in [5.74, 6) is -0.362. The third-order valence-corrected chi connectivity index (χ3v) is 4.18. The van der Waals surface area contributed by atoms with Crippen molar-refractivity contribution in [3.05, 3.63) is 23.0 Å². The predicted molar refractivity (Wildman–Crippen MR) is 86.1 cm³/mol. The number of amides is 2. The van der Waals surface area contributed by atoms with Crippen molar-refractivity contribution in [3.63, 3.8) is 0 Å². The van der Waals surface area contributed by atoms with Crippen LogP contribution in [-0.2, 0) is 11.8 Å². The summed E-state index contributed by atoms with van der Waals surface area (Å²) in [6, 6.07) is 1.27. The lowest BCUT2D eigenvalue weighted by molar-refractivity contribution is -0.122. The third kappa shape index (κ3) is 2.91. The Morgan fingerprint density at radius 3 is 2.96 bits per heavy atom. The van der Waals surface area contributed by atoms with Crippen LogP contribution in [0, 0.1) is 13.8 Å². The van der Waals surface area contributed by atoms with Crippen molar-refractivity contribution in [1.82, 2.24) is 25.4 Å². The molecule has 1 aliphatic rings. The number of nitrogens with one attached hydrogen (secondary N) is 2. The Balaban J connectivity index is 1.96. The second-order valence-electron chi connectivity index (χ2n) is 6.03. The van der Waals surface area contributed by atoms with Crippen LogP contribution in [0.3, 0.4) is 0 Å². The van der Waals surface area contributed by atoms with Crippen LogP contribution in [0.15, 0.2) is 6.07 Å². The summed E-state index contributed by atoms with van der Waals surface area (Å²) >= 11 is 0. The predicted octanol–water partition coefficient (Wildman–Crippen LogP) is 0.984. The van der Waals surface area contributed by atoms with E-state index < -0.39 is 6.04 Å². The molecule has 2 N–H and O–H groups in total. The number of fused-ring (bicyclic) bond motifs is 1. The SMILES string of the molecule is Cc1cc(C(=O)N[C@H]2CCCCNC2=O)c2c(C)nn(C)c2n1. The van der Waals surface area contributed by atoms with Gasteiger partial charge in [-0.25, -0.2) is 4.98 Å². The molecule has 2 aromatic rings. The van der Waals surface area contributed by atoms with E-state index >= 15 is 0 Å². The number of pyridine rings is 1. The monoisotopic (exact) mass is 315 g/mol. The highest BCUT2D eigenvalue weighted by Gasteiger charge is 2.25. The van der Waals surface area contributed by atoms with Crippen LogP contribution in [0.5, 0.6) is 0 Å². The molecule has 7 heteroatoms. The van der Waals surface area contributed by atoms with E-state index in [1.165, 1.54) is 0 Å². The zero-order chi connectivity index (χ0) is 16.6. The summed E-state index contributed by atoms with van der Waals surface area (Å²) in [6.45, 7) is 4.37. The van der Waals surface area contributed by atoms with E-state index in [2.05, 4.69) is 20.7 Å². The molecule has 23 heavy (non-hydrogen) atoms. The number of carbonyl (C=O) groups excluding carboxylic acids is 2. The van der Waals surface area contributed by atoms with Gasteiger partial charge in [-0.2, -0.15) is 5.10 Å². The Kier molecular flexibility index (Phi) is 4.02. The van der Waals surface area contributed by atoms with E-state index in [0.29, 0.717) is 24.2 Å². The van der Waals surface area contributed by atoms with Gasteiger partial charge in [0.15, 0.2) is 5.65 Å². The van der Waals surface area contributed by atoms with Gasteiger partial charge in [0, 0.05) is 19.3 Å². The minimum Gasteiger partial charge on any atom is -0.354 e. The number of rotatable bonds is 2.